The Morgan fingerprint density at radius 1 is 1.50 bits per heavy atom. The minimum Gasteiger partial charge on any atom is -0.480 e. The molecule has 0 aliphatic rings. The van der Waals surface area contributed by atoms with Crippen LogP contribution in [0.15, 0.2) is 30.5 Å². The minimum absolute atomic E-state index is 0.353. The van der Waals surface area contributed by atoms with Crippen LogP contribution in [0, 0.1) is 11.3 Å². The summed E-state index contributed by atoms with van der Waals surface area (Å²) in [6.45, 7) is 1.92. The first-order valence-corrected chi connectivity index (χ1v) is 6.44. The molecule has 2 rings (SSSR count). The molecule has 1 heterocycles. The average molecular weight is 269 g/mol. The number of pyridine rings is 1. The average Bonchev–Trinajstić information content (AvgIpc) is 2.46. The molecule has 0 bridgehead atoms. The zero-order valence-corrected chi connectivity index (χ0v) is 11.1. The Balaban J connectivity index is 2.51. The summed E-state index contributed by atoms with van der Waals surface area (Å²) in [5.41, 5.74) is 1.62. The number of fused-ring (bicyclic) bond motifs is 1. The zero-order chi connectivity index (χ0) is 14.5. The number of hydrogen-bond donors (Lipinski definition) is 2. The van der Waals surface area contributed by atoms with Gasteiger partial charge >= 0.3 is 5.97 Å². The van der Waals surface area contributed by atoms with Crippen molar-refractivity contribution in [1.82, 2.24) is 4.98 Å². The normalized spacial score (nSPS) is 11.8. The van der Waals surface area contributed by atoms with Crippen molar-refractivity contribution < 1.29 is 9.90 Å². The van der Waals surface area contributed by atoms with Gasteiger partial charge < -0.3 is 10.4 Å². The molecule has 1 unspecified atom stereocenters. The van der Waals surface area contributed by atoms with E-state index in [1.165, 1.54) is 6.20 Å². The van der Waals surface area contributed by atoms with Gasteiger partial charge in [-0.05, 0) is 12.5 Å². The van der Waals surface area contributed by atoms with Gasteiger partial charge in [-0.2, -0.15) is 5.26 Å². The molecule has 0 aliphatic carbocycles. The molecule has 1 atom stereocenters. The number of para-hydroxylation sites is 1. The van der Waals surface area contributed by atoms with Gasteiger partial charge in [0.2, 0.25) is 0 Å². The van der Waals surface area contributed by atoms with Gasteiger partial charge in [-0.25, -0.2) is 4.79 Å². The highest BCUT2D eigenvalue weighted by molar-refractivity contribution is 5.95. The Bertz CT molecular complexity index is 676. The van der Waals surface area contributed by atoms with E-state index in [9.17, 15) is 15.2 Å². The van der Waals surface area contributed by atoms with Gasteiger partial charge in [0, 0.05) is 11.6 Å². The SMILES string of the molecule is CCCC(Nc1c(C#N)cnc2ccccc12)C(=O)O. The lowest BCUT2D eigenvalue weighted by Crippen LogP contribution is -2.29. The number of nitriles is 1. The number of carboxylic acids is 1. The molecule has 0 fully saturated rings. The van der Waals surface area contributed by atoms with E-state index in [1.807, 2.05) is 31.2 Å². The van der Waals surface area contributed by atoms with Gasteiger partial charge in [0.25, 0.3) is 0 Å². The summed E-state index contributed by atoms with van der Waals surface area (Å²) in [7, 11) is 0. The van der Waals surface area contributed by atoms with Crippen molar-refractivity contribution in [2.24, 2.45) is 0 Å². The van der Waals surface area contributed by atoms with Gasteiger partial charge in [-0.1, -0.05) is 31.5 Å². The van der Waals surface area contributed by atoms with Crippen molar-refractivity contribution in [2.45, 2.75) is 25.8 Å². The van der Waals surface area contributed by atoms with E-state index in [-0.39, 0.29) is 0 Å². The number of carboxylic acid groups (broad SMARTS) is 1. The van der Waals surface area contributed by atoms with Crippen molar-refractivity contribution in [3.8, 4) is 6.07 Å². The second kappa shape index (κ2) is 6.02. The molecule has 20 heavy (non-hydrogen) atoms. The minimum atomic E-state index is -0.920. The van der Waals surface area contributed by atoms with E-state index in [0.29, 0.717) is 17.7 Å². The summed E-state index contributed by atoms with van der Waals surface area (Å²) in [6.07, 6.45) is 2.71. The zero-order valence-electron chi connectivity index (χ0n) is 11.1. The number of nitrogens with zero attached hydrogens (tertiary/aromatic N) is 2. The van der Waals surface area contributed by atoms with Crippen LogP contribution >= 0.6 is 0 Å². The Hall–Kier alpha value is -2.61. The van der Waals surface area contributed by atoms with E-state index in [0.717, 1.165) is 17.3 Å². The lowest BCUT2D eigenvalue weighted by molar-refractivity contribution is -0.138. The molecular weight excluding hydrogens is 254 g/mol. The van der Waals surface area contributed by atoms with Crippen LogP contribution in [0.4, 0.5) is 5.69 Å². The number of benzene rings is 1. The summed E-state index contributed by atoms with van der Waals surface area (Å²) in [6, 6.07) is 8.70. The lowest BCUT2D eigenvalue weighted by Gasteiger charge is -2.17. The van der Waals surface area contributed by atoms with E-state index in [4.69, 9.17) is 0 Å². The fourth-order valence-electron chi connectivity index (χ4n) is 2.10. The predicted octanol–water partition coefficient (Wildman–Crippen LogP) is 2.77. The first kappa shape index (κ1) is 13.8. The molecule has 2 N–H and O–H groups in total. The van der Waals surface area contributed by atoms with Crippen LogP contribution in [0.3, 0.4) is 0 Å². The van der Waals surface area contributed by atoms with Crippen molar-refractivity contribution in [3.05, 3.63) is 36.0 Å². The third-order valence-electron chi connectivity index (χ3n) is 3.09. The molecule has 5 heteroatoms. The Kier molecular flexibility index (Phi) is 4.16. The number of aliphatic carboxylic acids is 1. The highest BCUT2D eigenvalue weighted by Gasteiger charge is 2.19. The van der Waals surface area contributed by atoms with Gasteiger partial charge in [0.15, 0.2) is 0 Å². The maximum absolute atomic E-state index is 11.3. The quantitative estimate of drug-likeness (QED) is 0.871. The summed E-state index contributed by atoms with van der Waals surface area (Å²) in [4.78, 5) is 15.5. The highest BCUT2D eigenvalue weighted by atomic mass is 16.4. The first-order valence-electron chi connectivity index (χ1n) is 6.44. The molecular formula is C15H15N3O2. The Morgan fingerprint density at radius 2 is 2.25 bits per heavy atom. The lowest BCUT2D eigenvalue weighted by atomic mass is 10.1. The van der Waals surface area contributed by atoms with Crippen LogP contribution < -0.4 is 5.32 Å². The van der Waals surface area contributed by atoms with Crippen LogP contribution in [0.1, 0.15) is 25.3 Å². The van der Waals surface area contributed by atoms with Crippen molar-refractivity contribution in [3.63, 3.8) is 0 Å². The number of carbonyl (C=O) groups is 1. The van der Waals surface area contributed by atoms with Gasteiger partial charge in [0.05, 0.1) is 16.8 Å². The van der Waals surface area contributed by atoms with Crippen LogP contribution in [0.2, 0.25) is 0 Å². The van der Waals surface area contributed by atoms with Crippen molar-refractivity contribution >= 4 is 22.6 Å². The van der Waals surface area contributed by atoms with E-state index < -0.39 is 12.0 Å². The summed E-state index contributed by atoms with van der Waals surface area (Å²) < 4.78 is 0. The maximum Gasteiger partial charge on any atom is 0.326 e. The first-order chi connectivity index (χ1) is 9.67. The fraction of sp³-hybridized carbons (Fsp3) is 0.267. The van der Waals surface area contributed by atoms with Crippen molar-refractivity contribution in [2.75, 3.05) is 5.32 Å². The third kappa shape index (κ3) is 2.69. The largest absolute Gasteiger partial charge is 0.480 e. The second-order valence-corrected chi connectivity index (χ2v) is 4.50. The van der Waals surface area contributed by atoms with Crippen LogP contribution in [0.25, 0.3) is 10.9 Å². The van der Waals surface area contributed by atoms with Crippen LogP contribution in [-0.4, -0.2) is 22.1 Å². The van der Waals surface area contributed by atoms with Gasteiger partial charge in [-0.15, -0.1) is 0 Å². The summed E-state index contributed by atoms with van der Waals surface area (Å²) in [5.74, 6) is -0.920. The van der Waals surface area contributed by atoms with E-state index in [1.54, 1.807) is 0 Å². The molecule has 0 saturated carbocycles. The molecule has 0 amide bonds. The van der Waals surface area contributed by atoms with Gasteiger partial charge in [0.1, 0.15) is 12.1 Å². The number of aromatic nitrogens is 1. The Morgan fingerprint density at radius 3 is 2.90 bits per heavy atom. The summed E-state index contributed by atoms with van der Waals surface area (Å²) in [5, 5.41) is 22.2. The number of anilines is 1. The summed E-state index contributed by atoms with van der Waals surface area (Å²) >= 11 is 0. The molecule has 1 aromatic heterocycles. The standard InChI is InChI=1S/C15H15N3O2/c1-2-5-13(15(19)20)18-14-10(8-16)9-17-12-7-4-3-6-11(12)14/h3-4,6-7,9,13H,2,5H2,1H3,(H,17,18)(H,19,20). The monoisotopic (exact) mass is 269 g/mol. The highest BCUT2D eigenvalue weighted by Crippen LogP contribution is 2.26. The molecule has 1 aromatic carbocycles. The molecule has 2 aromatic rings. The molecule has 0 radical (unpaired) electrons. The molecule has 102 valence electrons. The van der Waals surface area contributed by atoms with Crippen LogP contribution in [-0.2, 0) is 4.79 Å². The van der Waals surface area contributed by atoms with Gasteiger partial charge in [-0.3, -0.25) is 4.98 Å². The number of rotatable bonds is 5. The fourth-order valence-corrected chi connectivity index (χ4v) is 2.10. The maximum atomic E-state index is 11.3. The predicted molar refractivity (Wildman–Crippen MR) is 76.4 cm³/mol. The topological polar surface area (TPSA) is 86.0 Å². The van der Waals surface area contributed by atoms with E-state index >= 15 is 0 Å². The molecule has 0 saturated heterocycles. The van der Waals surface area contributed by atoms with Crippen LogP contribution in [0.5, 0.6) is 0 Å². The second-order valence-electron chi connectivity index (χ2n) is 4.50. The smallest absolute Gasteiger partial charge is 0.326 e. The third-order valence-corrected chi connectivity index (χ3v) is 3.09. The number of nitrogens with one attached hydrogen (secondary N) is 1. The Labute approximate surface area is 116 Å². The molecule has 0 spiro atoms. The molecule has 5 nitrogen and oxygen atoms in total. The van der Waals surface area contributed by atoms with E-state index in [2.05, 4.69) is 16.4 Å². The number of hydrogen-bond acceptors (Lipinski definition) is 4. The van der Waals surface area contributed by atoms with Crippen molar-refractivity contribution in [1.29, 1.82) is 5.26 Å². The molecule has 0 aliphatic heterocycles.